The van der Waals surface area contributed by atoms with Crippen molar-refractivity contribution >= 4 is 5.91 Å². The minimum Gasteiger partial charge on any atom is -0.349 e. The third-order valence-electron chi connectivity index (χ3n) is 2.39. The molecule has 0 heterocycles. The summed E-state index contributed by atoms with van der Waals surface area (Å²) in [6.45, 7) is 6.21. The van der Waals surface area contributed by atoms with Crippen LogP contribution in [0.4, 0.5) is 0 Å². The molecule has 1 aromatic carbocycles. The van der Waals surface area contributed by atoms with E-state index in [1.165, 1.54) is 0 Å². The Morgan fingerprint density at radius 1 is 1.14 bits per heavy atom. The molecule has 1 atom stereocenters. The lowest BCUT2D eigenvalue weighted by Gasteiger charge is -2.17. The summed E-state index contributed by atoms with van der Waals surface area (Å²) in [5, 5.41) is 2.96. The summed E-state index contributed by atoms with van der Waals surface area (Å²) >= 11 is 0. The van der Waals surface area contributed by atoms with Crippen LogP contribution in [0.2, 0.25) is 0 Å². The summed E-state index contributed by atoms with van der Waals surface area (Å²) in [4.78, 5) is 11.6. The van der Waals surface area contributed by atoms with Gasteiger partial charge in [-0.1, -0.05) is 32.0 Å². The van der Waals surface area contributed by atoms with E-state index >= 15 is 0 Å². The number of carbonyl (C=O) groups excluding carboxylic acids is 1. The molecule has 1 N–H and O–H groups in total. The van der Waals surface area contributed by atoms with E-state index in [1.807, 2.05) is 37.3 Å². The largest absolute Gasteiger partial charge is 0.349 e. The molecule has 2 heteroatoms. The van der Waals surface area contributed by atoms with Gasteiger partial charge in [0.15, 0.2) is 0 Å². The fourth-order valence-corrected chi connectivity index (χ4v) is 1.05. The Hall–Kier alpha value is -1.31. The van der Waals surface area contributed by atoms with Crippen molar-refractivity contribution in [3.63, 3.8) is 0 Å². The van der Waals surface area contributed by atoms with Crippen molar-refractivity contribution in [3.8, 4) is 0 Å². The van der Waals surface area contributed by atoms with Gasteiger partial charge in [-0.05, 0) is 25.0 Å². The first-order valence-electron chi connectivity index (χ1n) is 4.97. The van der Waals surface area contributed by atoms with Crippen LogP contribution < -0.4 is 5.32 Å². The summed E-state index contributed by atoms with van der Waals surface area (Å²) in [5.41, 5.74) is 0.722. The average Bonchev–Trinajstić information content (AvgIpc) is 2.19. The summed E-state index contributed by atoms with van der Waals surface area (Å²) in [7, 11) is 0. The smallest absolute Gasteiger partial charge is 0.251 e. The van der Waals surface area contributed by atoms with Gasteiger partial charge in [-0.25, -0.2) is 0 Å². The lowest BCUT2D eigenvalue weighted by atomic mass is 10.1. The number of nitrogens with one attached hydrogen (secondary N) is 1. The van der Waals surface area contributed by atoms with Crippen molar-refractivity contribution in [1.82, 2.24) is 5.32 Å². The van der Waals surface area contributed by atoms with Crippen LogP contribution >= 0.6 is 0 Å². The highest BCUT2D eigenvalue weighted by atomic mass is 16.1. The molecule has 0 saturated heterocycles. The Morgan fingerprint density at radius 3 is 2.21 bits per heavy atom. The molecule has 0 aliphatic rings. The quantitative estimate of drug-likeness (QED) is 0.781. The molecule has 0 aromatic heterocycles. The third kappa shape index (κ3) is 2.87. The zero-order chi connectivity index (χ0) is 10.6. The van der Waals surface area contributed by atoms with E-state index in [0.29, 0.717) is 5.92 Å². The highest BCUT2D eigenvalue weighted by molar-refractivity contribution is 5.94. The van der Waals surface area contributed by atoms with Gasteiger partial charge in [-0.15, -0.1) is 0 Å². The highest BCUT2D eigenvalue weighted by Crippen LogP contribution is 2.03. The zero-order valence-corrected chi connectivity index (χ0v) is 8.95. The molecule has 1 rings (SSSR count). The number of benzene rings is 1. The van der Waals surface area contributed by atoms with Crippen LogP contribution in [-0.2, 0) is 0 Å². The molecule has 1 amide bonds. The Morgan fingerprint density at radius 2 is 1.71 bits per heavy atom. The number of rotatable bonds is 3. The zero-order valence-electron chi connectivity index (χ0n) is 8.95. The molecule has 0 unspecified atom stereocenters. The SMILES string of the molecule is CC(C)[C@H](C)NC(=O)c1ccccc1. The predicted octanol–water partition coefficient (Wildman–Crippen LogP) is 2.46. The third-order valence-corrected chi connectivity index (χ3v) is 2.39. The van der Waals surface area contributed by atoms with Crippen molar-refractivity contribution in [2.45, 2.75) is 26.8 Å². The van der Waals surface area contributed by atoms with Crippen LogP contribution in [0.1, 0.15) is 31.1 Å². The normalized spacial score (nSPS) is 12.6. The van der Waals surface area contributed by atoms with E-state index in [1.54, 1.807) is 0 Å². The van der Waals surface area contributed by atoms with Gasteiger partial charge in [0.2, 0.25) is 0 Å². The lowest BCUT2D eigenvalue weighted by Crippen LogP contribution is -2.36. The summed E-state index contributed by atoms with van der Waals surface area (Å²) < 4.78 is 0. The Kier molecular flexibility index (Phi) is 3.69. The van der Waals surface area contributed by atoms with Crippen molar-refractivity contribution < 1.29 is 4.79 Å². The van der Waals surface area contributed by atoms with Gasteiger partial charge in [0, 0.05) is 11.6 Å². The van der Waals surface area contributed by atoms with Crippen molar-refractivity contribution in [1.29, 1.82) is 0 Å². The van der Waals surface area contributed by atoms with Gasteiger partial charge >= 0.3 is 0 Å². The van der Waals surface area contributed by atoms with Gasteiger partial charge in [0.25, 0.3) is 5.91 Å². The fraction of sp³-hybridized carbons (Fsp3) is 0.417. The summed E-state index contributed by atoms with van der Waals surface area (Å²) in [5.74, 6) is 0.467. The van der Waals surface area contributed by atoms with Crippen LogP contribution in [-0.4, -0.2) is 11.9 Å². The molecule has 0 aliphatic carbocycles. The Bertz CT molecular complexity index is 292. The molecule has 0 saturated carbocycles. The molecule has 2 nitrogen and oxygen atoms in total. The lowest BCUT2D eigenvalue weighted by molar-refractivity contribution is 0.0930. The minimum absolute atomic E-state index is 0.00630. The Labute approximate surface area is 85.3 Å². The molecule has 14 heavy (non-hydrogen) atoms. The monoisotopic (exact) mass is 191 g/mol. The molecule has 0 spiro atoms. The second-order valence-corrected chi connectivity index (χ2v) is 3.87. The maximum Gasteiger partial charge on any atom is 0.251 e. The Balaban J connectivity index is 2.60. The van der Waals surface area contributed by atoms with Gasteiger partial charge < -0.3 is 5.32 Å². The first-order valence-corrected chi connectivity index (χ1v) is 4.97. The van der Waals surface area contributed by atoms with Crippen LogP contribution in [0.3, 0.4) is 0 Å². The van der Waals surface area contributed by atoms with E-state index in [0.717, 1.165) is 5.56 Å². The molecule has 0 aliphatic heterocycles. The van der Waals surface area contributed by atoms with Crippen molar-refractivity contribution in [2.24, 2.45) is 5.92 Å². The first-order chi connectivity index (χ1) is 6.61. The topological polar surface area (TPSA) is 29.1 Å². The summed E-state index contributed by atoms with van der Waals surface area (Å²) in [6, 6.07) is 9.50. The maximum atomic E-state index is 11.6. The number of hydrogen-bond acceptors (Lipinski definition) is 1. The number of carbonyl (C=O) groups is 1. The fourth-order valence-electron chi connectivity index (χ4n) is 1.05. The van der Waals surface area contributed by atoms with E-state index in [-0.39, 0.29) is 11.9 Å². The van der Waals surface area contributed by atoms with Crippen LogP contribution in [0.15, 0.2) is 30.3 Å². The number of hydrogen-bond donors (Lipinski definition) is 1. The van der Waals surface area contributed by atoms with Gasteiger partial charge in [-0.3, -0.25) is 4.79 Å². The van der Waals surface area contributed by atoms with Gasteiger partial charge in [0.05, 0.1) is 0 Å². The molecule has 0 bridgehead atoms. The molecular weight excluding hydrogens is 174 g/mol. The molecule has 76 valence electrons. The van der Waals surface area contributed by atoms with E-state index in [2.05, 4.69) is 19.2 Å². The van der Waals surface area contributed by atoms with E-state index in [4.69, 9.17) is 0 Å². The van der Waals surface area contributed by atoms with Crippen LogP contribution in [0.5, 0.6) is 0 Å². The summed E-state index contributed by atoms with van der Waals surface area (Å²) in [6.07, 6.45) is 0. The van der Waals surface area contributed by atoms with Crippen LogP contribution in [0, 0.1) is 5.92 Å². The average molecular weight is 191 g/mol. The molecule has 1 aromatic rings. The standard InChI is InChI=1S/C12H17NO/c1-9(2)10(3)13-12(14)11-7-5-4-6-8-11/h4-10H,1-3H3,(H,13,14)/t10-/m0/s1. The molecular formula is C12H17NO. The minimum atomic E-state index is 0.00630. The molecule has 0 radical (unpaired) electrons. The van der Waals surface area contributed by atoms with Crippen LogP contribution in [0.25, 0.3) is 0 Å². The van der Waals surface area contributed by atoms with Crippen molar-refractivity contribution in [3.05, 3.63) is 35.9 Å². The highest BCUT2D eigenvalue weighted by Gasteiger charge is 2.11. The molecule has 0 fully saturated rings. The first kappa shape index (κ1) is 10.8. The second kappa shape index (κ2) is 4.80. The number of amides is 1. The van der Waals surface area contributed by atoms with E-state index < -0.39 is 0 Å². The van der Waals surface area contributed by atoms with E-state index in [9.17, 15) is 4.79 Å². The maximum absolute atomic E-state index is 11.6. The van der Waals surface area contributed by atoms with Gasteiger partial charge in [0.1, 0.15) is 0 Å². The second-order valence-electron chi connectivity index (χ2n) is 3.87. The predicted molar refractivity (Wildman–Crippen MR) is 58.2 cm³/mol. The van der Waals surface area contributed by atoms with Gasteiger partial charge in [-0.2, -0.15) is 0 Å². The van der Waals surface area contributed by atoms with Crippen molar-refractivity contribution in [2.75, 3.05) is 0 Å².